The maximum Gasteiger partial charge on any atom is 0.120 e. The molecule has 0 bridgehead atoms. The summed E-state index contributed by atoms with van der Waals surface area (Å²) in [5.41, 5.74) is 7.45. The minimum absolute atomic E-state index is 0. The molecule has 7 rings (SSSR count). The molecule has 0 aliphatic carbocycles. The predicted octanol–water partition coefficient (Wildman–Crippen LogP) is 8.95. The number of rotatable bonds is 3. The third kappa shape index (κ3) is 6.05. The van der Waals surface area contributed by atoms with Crippen molar-refractivity contribution in [3.8, 4) is 22.6 Å². The van der Waals surface area contributed by atoms with Gasteiger partial charge in [-0.15, -0.1) is 54.1 Å². The standard InChI is InChI=1S/C23H20N3O.C14H16NSi.Ir/c1-14-20-18(12-13-24-14)25-22(26(20)23(2,3)4)17-10-7-9-16-15-8-5-6-11-19(15)27-21(16)17;1-16(2,3)13-9-10-14(15-11-13)12-7-5-4-6-8-12;/h5-9,11-13H,1-4H3;4-7,9-11H,1-3H3;/q2*-1;. The molecule has 0 fully saturated rings. The maximum absolute atomic E-state index is 6.23. The SMILES string of the molecule is C[Si](C)(C)c1ccc(-c2[c-]cccc2)nc1.Cc1nccc2nc(-c3[c-]ccc4c3oc3ccccc34)n(C(C)(C)C)c12.[Ir]. The average Bonchev–Trinajstić information content (AvgIpc) is 3.58. The zero-order valence-corrected chi connectivity index (χ0v) is 29.6. The number of benzene rings is 3. The van der Waals surface area contributed by atoms with E-state index in [9.17, 15) is 0 Å². The van der Waals surface area contributed by atoms with E-state index in [2.05, 4.69) is 91.3 Å². The second-order valence-corrected chi connectivity index (χ2v) is 17.9. The molecule has 7 heteroatoms. The van der Waals surface area contributed by atoms with E-state index in [1.54, 1.807) is 0 Å². The monoisotopic (exact) mass is 773 g/mol. The molecule has 0 aliphatic rings. The van der Waals surface area contributed by atoms with E-state index in [-0.39, 0.29) is 25.6 Å². The quantitative estimate of drug-likeness (QED) is 0.133. The van der Waals surface area contributed by atoms with Crippen LogP contribution in [0.5, 0.6) is 0 Å². The Labute approximate surface area is 273 Å². The number of aryl methyl sites for hydroxylation is 1. The van der Waals surface area contributed by atoms with E-state index < -0.39 is 8.07 Å². The first kappa shape index (κ1) is 31.5. The number of aromatic nitrogens is 4. The third-order valence-electron chi connectivity index (χ3n) is 7.60. The minimum Gasteiger partial charge on any atom is -0.501 e. The van der Waals surface area contributed by atoms with Crippen molar-refractivity contribution >= 4 is 46.2 Å². The van der Waals surface area contributed by atoms with Gasteiger partial charge >= 0.3 is 0 Å². The van der Waals surface area contributed by atoms with E-state index in [0.29, 0.717) is 0 Å². The minimum atomic E-state index is -1.23. The molecule has 0 N–H and O–H groups in total. The Morgan fingerprint density at radius 1 is 0.818 bits per heavy atom. The fourth-order valence-corrected chi connectivity index (χ4v) is 6.44. The van der Waals surface area contributed by atoms with Crippen LogP contribution in [0.2, 0.25) is 19.6 Å². The van der Waals surface area contributed by atoms with Crippen LogP contribution in [0.1, 0.15) is 26.5 Å². The van der Waals surface area contributed by atoms with Crippen LogP contribution in [0, 0.1) is 19.1 Å². The topological polar surface area (TPSA) is 56.7 Å². The number of fused-ring (bicyclic) bond motifs is 4. The molecule has 0 saturated carbocycles. The molecule has 4 heterocycles. The van der Waals surface area contributed by atoms with E-state index >= 15 is 0 Å². The summed E-state index contributed by atoms with van der Waals surface area (Å²) in [6.07, 6.45) is 3.83. The van der Waals surface area contributed by atoms with Gasteiger partial charge in [0, 0.05) is 43.4 Å². The Balaban J connectivity index is 0.000000194. The van der Waals surface area contributed by atoms with E-state index in [4.69, 9.17) is 9.40 Å². The average molecular weight is 773 g/mol. The van der Waals surface area contributed by atoms with Crippen molar-refractivity contribution < 1.29 is 24.5 Å². The molecule has 3 aromatic carbocycles. The first-order valence-electron chi connectivity index (χ1n) is 14.6. The second kappa shape index (κ2) is 12.2. The molecule has 0 amide bonds. The molecule has 0 atom stereocenters. The second-order valence-electron chi connectivity index (χ2n) is 12.9. The van der Waals surface area contributed by atoms with Gasteiger partial charge in [0.1, 0.15) is 5.58 Å². The largest absolute Gasteiger partial charge is 0.501 e. The van der Waals surface area contributed by atoms with Crippen LogP contribution in [0.25, 0.3) is 55.6 Å². The Morgan fingerprint density at radius 3 is 2.27 bits per heavy atom. The first-order valence-corrected chi connectivity index (χ1v) is 18.1. The molecule has 1 radical (unpaired) electrons. The Hall–Kier alpha value is -3.90. The zero-order valence-electron chi connectivity index (χ0n) is 26.2. The van der Waals surface area contributed by atoms with Crippen molar-refractivity contribution in [3.63, 3.8) is 0 Å². The number of nitrogens with zero attached hydrogens (tertiary/aromatic N) is 4. The summed E-state index contributed by atoms with van der Waals surface area (Å²) in [7, 11) is -1.23. The smallest absolute Gasteiger partial charge is 0.120 e. The van der Waals surface area contributed by atoms with Crippen molar-refractivity contribution in [3.05, 3.63) is 109 Å². The number of imidazole rings is 1. The number of furan rings is 1. The van der Waals surface area contributed by atoms with Gasteiger partial charge in [0.2, 0.25) is 0 Å². The normalized spacial score (nSPS) is 11.8. The molecule has 5 nitrogen and oxygen atoms in total. The molecule has 0 spiro atoms. The van der Waals surface area contributed by atoms with Crippen LogP contribution in [0.4, 0.5) is 0 Å². The summed E-state index contributed by atoms with van der Waals surface area (Å²) in [5, 5.41) is 3.59. The van der Waals surface area contributed by atoms with Gasteiger partial charge in [-0.05, 0) is 50.7 Å². The number of pyridine rings is 2. The summed E-state index contributed by atoms with van der Waals surface area (Å²) in [6, 6.07) is 32.9. The van der Waals surface area contributed by atoms with Gasteiger partial charge in [0.15, 0.2) is 0 Å². The van der Waals surface area contributed by atoms with Gasteiger partial charge in [-0.1, -0.05) is 60.9 Å². The van der Waals surface area contributed by atoms with Gasteiger partial charge in [-0.25, -0.2) is 0 Å². The maximum atomic E-state index is 6.23. The first-order chi connectivity index (χ1) is 20.5. The summed E-state index contributed by atoms with van der Waals surface area (Å²) in [4.78, 5) is 14.0. The van der Waals surface area contributed by atoms with Gasteiger partial charge in [0.05, 0.1) is 36.2 Å². The van der Waals surface area contributed by atoms with Crippen molar-refractivity contribution in [1.82, 2.24) is 19.5 Å². The molecule has 7 aromatic rings. The van der Waals surface area contributed by atoms with Crippen LogP contribution < -0.4 is 5.19 Å². The molecule has 0 unspecified atom stereocenters. The Bertz CT molecular complexity index is 2050. The van der Waals surface area contributed by atoms with Crippen molar-refractivity contribution in [2.45, 2.75) is 52.9 Å². The fourth-order valence-electron chi connectivity index (χ4n) is 5.41. The molecule has 4 aromatic heterocycles. The third-order valence-corrected chi connectivity index (χ3v) is 9.62. The molecule has 225 valence electrons. The molecule has 0 aliphatic heterocycles. The van der Waals surface area contributed by atoms with Gasteiger partial charge < -0.3 is 14.0 Å². The van der Waals surface area contributed by atoms with Crippen LogP contribution in [0.15, 0.2) is 95.7 Å². The summed E-state index contributed by atoms with van der Waals surface area (Å²) in [6.45, 7) is 15.6. The molecule has 44 heavy (non-hydrogen) atoms. The van der Waals surface area contributed by atoms with Crippen molar-refractivity contribution in [1.29, 1.82) is 0 Å². The summed E-state index contributed by atoms with van der Waals surface area (Å²) >= 11 is 0. The number of para-hydroxylation sites is 1. The summed E-state index contributed by atoms with van der Waals surface area (Å²) in [5.74, 6) is 0.859. The Morgan fingerprint density at radius 2 is 1.59 bits per heavy atom. The van der Waals surface area contributed by atoms with Crippen molar-refractivity contribution in [2.75, 3.05) is 0 Å². The molecular formula is C37H36IrN4OSi-2. The number of hydrogen-bond acceptors (Lipinski definition) is 4. The van der Waals surface area contributed by atoms with Crippen LogP contribution in [-0.4, -0.2) is 27.6 Å². The van der Waals surface area contributed by atoms with Gasteiger partial charge in [-0.3, -0.25) is 9.97 Å². The van der Waals surface area contributed by atoms with Gasteiger partial charge in [0.25, 0.3) is 0 Å². The van der Waals surface area contributed by atoms with E-state index in [1.807, 2.05) is 73.9 Å². The van der Waals surface area contributed by atoms with E-state index in [0.717, 1.165) is 61.3 Å². The molecular weight excluding hydrogens is 737 g/mol. The van der Waals surface area contributed by atoms with Crippen LogP contribution in [0.3, 0.4) is 0 Å². The van der Waals surface area contributed by atoms with E-state index in [1.165, 1.54) is 5.19 Å². The predicted molar refractivity (Wildman–Crippen MR) is 180 cm³/mol. The summed E-state index contributed by atoms with van der Waals surface area (Å²) < 4.78 is 8.48. The fraction of sp³-hybridized carbons (Fsp3) is 0.216. The van der Waals surface area contributed by atoms with Crippen LogP contribution >= 0.6 is 0 Å². The zero-order chi connectivity index (χ0) is 30.4. The van der Waals surface area contributed by atoms with Crippen molar-refractivity contribution in [2.24, 2.45) is 0 Å². The van der Waals surface area contributed by atoms with Crippen LogP contribution in [-0.2, 0) is 25.6 Å². The van der Waals surface area contributed by atoms with Gasteiger partial charge in [-0.2, -0.15) is 0 Å². The number of hydrogen-bond donors (Lipinski definition) is 0. The Kier molecular flexibility index (Phi) is 8.77. The molecule has 0 saturated heterocycles.